The molecule has 0 atom stereocenters. The molecule has 0 saturated carbocycles. The quantitative estimate of drug-likeness (QED) is 0.812. The van der Waals surface area contributed by atoms with Crippen LogP contribution in [0.4, 0.5) is 9.18 Å². The Morgan fingerprint density at radius 1 is 1.32 bits per heavy atom. The number of hydrogen-bond acceptors (Lipinski definition) is 2. The molecule has 0 radical (unpaired) electrons. The first-order chi connectivity index (χ1) is 10.7. The first-order valence-electron chi connectivity index (χ1n) is 7.95. The fourth-order valence-electron chi connectivity index (χ4n) is 2.82. The molecule has 5 heteroatoms. The van der Waals surface area contributed by atoms with Gasteiger partial charge in [0.15, 0.2) is 0 Å². The van der Waals surface area contributed by atoms with Crippen LogP contribution in [-0.2, 0) is 6.42 Å². The fourth-order valence-corrected chi connectivity index (χ4v) is 3.25. The summed E-state index contributed by atoms with van der Waals surface area (Å²) in [6.07, 6.45) is 6.12. The summed E-state index contributed by atoms with van der Waals surface area (Å²) in [5.74, 6) is 1.49. The van der Waals surface area contributed by atoms with Crippen molar-refractivity contribution in [3.05, 3.63) is 35.6 Å². The van der Waals surface area contributed by atoms with Crippen LogP contribution in [0, 0.1) is 11.7 Å². The van der Waals surface area contributed by atoms with Crippen LogP contribution in [0.25, 0.3) is 0 Å². The zero-order chi connectivity index (χ0) is 15.8. The summed E-state index contributed by atoms with van der Waals surface area (Å²) in [4.78, 5) is 13.9. The van der Waals surface area contributed by atoms with E-state index in [0.29, 0.717) is 5.92 Å². The lowest BCUT2D eigenvalue weighted by Crippen LogP contribution is -2.45. The minimum absolute atomic E-state index is 0.0707. The highest BCUT2D eigenvalue weighted by atomic mass is 32.2. The van der Waals surface area contributed by atoms with E-state index in [4.69, 9.17) is 0 Å². The van der Waals surface area contributed by atoms with Gasteiger partial charge in [-0.05, 0) is 61.3 Å². The second-order valence-electron chi connectivity index (χ2n) is 5.84. The zero-order valence-corrected chi connectivity index (χ0v) is 14.0. The van der Waals surface area contributed by atoms with Crippen molar-refractivity contribution in [2.45, 2.75) is 25.7 Å². The van der Waals surface area contributed by atoms with Gasteiger partial charge < -0.3 is 10.2 Å². The van der Waals surface area contributed by atoms with Gasteiger partial charge in [0, 0.05) is 19.6 Å². The fraction of sp³-hybridized carbons (Fsp3) is 0.588. The van der Waals surface area contributed by atoms with E-state index in [1.807, 2.05) is 17.0 Å². The van der Waals surface area contributed by atoms with Gasteiger partial charge in [-0.3, -0.25) is 0 Å². The number of urea groups is 1. The predicted molar refractivity (Wildman–Crippen MR) is 90.8 cm³/mol. The summed E-state index contributed by atoms with van der Waals surface area (Å²) in [6, 6.07) is 6.83. The van der Waals surface area contributed by atoms with Crippen LogP contribution in [-0.4, -0.2) is 42.6 Å². The van der Waals surface area contributed by atoms with Crippen LogP contribution in [0.1, 0.15) is 24.8 Å². The SMILES string of the molecule is CSCCCNC(=O)N1CCC(Cc2ccc(F)cc2)CC1. The number of carbonyl (C=O) groups excluding carboxylic acids is 1. The van der Waals surface area contributed by atoms with Crippen LogP contribution in [0.15, 0.2) is 24.3 Å². The summed E-state index contributed by atoms with van der Waals surface area (Å²) in [5.41, 5.74) is 1.18. The van der Waals surface area contributed by atoms with Gasteiger partial charge in [-0.1, -0.05) is 12.1 Å². The van der Waals surface area contributed by atoms with E-state index in [1.165, 1.54) is 17.7 Å². The van der Waals surface area contributed by atoms with Crippen LogP contribution in [0.2, 0.25) is 0 Å². The predicted octanol–water partition coefficient (Wildman–Crippen LogP) is 3.54. The Labute approximate surface area is 136 Å². The molecule has 1 saturated heterocycles. The first kappa shape index (κ1) is 17.1. The molecular weight excluding hydrogens is 299 g/mol. The van der Waals surface area contributed by atoms with E-state index in [-0.39, 0.29) is 11.8 Å². The molecule has 1 heterocycles. The van der Waals surface area contributed by atoms with E-state index >= 15 is 0 Å². The molecule has 1 aliphatic heterocycles. The second kappa shape index (κ2) is 9.03. The topological polar surface area (TPSA) is 32.3 Å². The Bertz CT molecular complexity index is 458. The summed E-state index contributed by atoms with van der Waals surface area (Å²) >= 11 is 1.80. The van der Waals surface area contributed by atoms with Crippen LogP contribution >= 0.6 is 11.8 Å². The maximum Gasteiger partial charge on any atom is 0.317 e. The number of halogens is 1. The Morgan fingerprint density at radius 2 is 2.00 bits per heavy atom. The van der Waals surface area contributed by atoms with Gasteiger partial charge in [-0.2, -0.15) is 11.8 Å². The lowest BCUT2D eigenvalue weighted by atomic mass is 9.90. The molecule has 1 aliphatic rings. The number of piperidine rings is 1. The van der Waals surface area contributed by atoms with Crippen molar-refractivity contribution in [3.8, 4) is 0 Å². The van der Waals surface area contributed by atoms with E-state index in [2.05, 4.69) is 11.6 Å². The third-order valence-corrected chi connectivity index (χ3v) is 4.84. The second-order valence-corrected chi connectivity index (χ2v) is 6.82. The molecule has 0 aliphatic carbocycles. The Hall–Kier alpha value is -1.23. The Kier molecular flexibility index (Phi) is 7.03. The maximum atomic E-state index is 12.9. The average molecular weight is 324 g/mol. The molecule has 1 aromatic carbocycles. The lowest BCUT2D eigenvalue weighted by molar-refractivity contribution is 0.170. The molecule has 1 aromatic rings. The third kappa shape index (κ3) is 5.52. The lowest BCUT2D eigenvalue weighted by Gasteiger charge is -2.32. The summed E-state index contributed by atoms with van der Waals surface area (Å²) < 4.78 is 12.9. The summed E-state index contributed by atoms with van der Waals surface area (Å²) in [6.45, 7) is 2.40. The molecule has 0 unspecified atom stereocenters. The van der Waals surface area contributed by atoms with Crippen molar-refractivity contribution in [1.29, 1.82) is 0 Å². The summed E-state index contributed by atoms with van der Waals surface area (Å²) in [5, 5.41) is 2.99. The summed E-state index contributed by atoms with van der Waals surface area (Å²) in [7, 11) is 0. The normalized spacial score (nSPS) is 15.8. The highest BCUT2D eigenvalue weighted by Gasteiger charge is 2.22. The van der Waals surface area contributed by atoms with Crippen molar-refractivity contribution in [2.24, 2.45) is 5.92 Å². The monoisotopic (exact) mass is 324 g/mol. The number of nitrogens with one attached hydrogen (secondary N) is 1. The highest BCUT2D eigenvalue weighted by molar-refractivity contribution is 7.98. The maximum absolute atomic E-state index is 12.9. The molecule has 3 nitrogen and oxygen atoms in total. The molecular formula is C17H25FN2OS. The molecule has 22 heavy (non-hydrogen) atoms. The van der Waals surface area contributed by atoms with Crippen LogP contribution in [0.5, 0.6) is 0 Å². The minimum atomic E-state index is -0.184. The first-order valence-corrected chi connectivity index (χ1v) is 9.34. The standard InChI is InChI=1S/C17H25FN2OS/c1-22-12-2-9-19-17(21)20-10-7-15(8-11-20)13-14-3-5-16(18)6-4-14/h3-6,15H,2,7-13H2,1H3,(H,19,21). The van der Waals surface area contributed by atoms with Gasteiger partial charge >= 0.3 is 6.03 Å². The van der Waals surface area contributed by atoms with Gasteiger partial charge in [-0.25, -0.2) is 9.18 Å². The molecule has 122 valence electrons. The Balaban J connectivity index is 1.68. The number of likely N-dealkylation sites (tertiary alicyclic amines) is 1. The number of rotatable bonds is 6. The van der Waals surface area contributed by atoms with Crippen molar-refractivity contribution in [2.75, 3.05) is 31.6 Å². The smallest absolute Gasteiger partial charge is 0.317 e. The highest BCUT2D eigenvalue weighted by Crippen LogP contribution is 2.21. The van der Waals surface area contributed by atoms with Gasteiger partial charge in [0.25, 0.3) is 0 Å². The van der Waals surface area contributed by atoms with E-state index in [0.717, 1.165) is 51.1 Å². The third-order valence-electron chi connectivity index (χ3n) is 4.14. The number of thioether (sulfide) groups is 1. The van der Waals surface area contributed by atoms with E-state index in [1.54, 1.807) is 11.8 Å². The molecule has 1 N–H and O–H groups in total. The van der Waals surface area contributed by atoms with Crippen LogP contribution < -0.4 is 5.32 Å². The van der Waals surface area contributed by atoms with Crippen molar-refractivity contribution >= 4 is 17.8 Å². The average Bonchev–Trinajstić information content (AvgIpc) is 2.54. The molecule has 2 amide bonds. The molecule has 2 rings (SSSR count). The Morgan fingerprint density at radius 3 is 2.64 bits per heavy atom. The van der Waals surface area contributed by atoms with Gasteiger partial charge in [0.05, 0.1) is 0 Å². The number of hydrogen-bond donors (Lipinski definition) is 1. The molecule has 0 aromatic heterocycles. The van der Waals surface area contributed by atoms with Crippen molar-refractivity contribution in [1.82, 2.24) is 10.2 Å². The molecule has 0 spiro atoms. The van der Waals surface area contributed by atoms with Crippen molar-refractivity contribution < 1.29 is 9.18 Å². The number of nitrogens with zero attached hydrogens (tertiary/aromatic N) is 1. The van der Waals surface area contributed by atoms with Gasteiger partial charge in [0.2, 0.25) is 0 Å². The van der Waals surface area contributed by atoms with E-state index in [9.17, 15) is 9.18 Å². The molecule has 0 bridgehead atoms. The van der Waals surface area contributed by atoms with Crippen LogP contribution in [0.3, 0.4) is 0 Å². The largest absolute Gasteiger partial charge is 0.338 e. The van der Waals surface area contributed by atoms with Gasteiger partial charge in [0.1, 0.15) is 5.82 Å². The zero-order valence-electron chi connectivity index (χ0n) is 13.2. The number of benzene rings is 1. The number of amides is 2. The minimum Gasteiger partial charge on any atom is -0.338 e. The number of carbonyl (C=O) groups is 1. The van der Waals surface area contributed by atoms with Crippen molar-refractivity contribution in [3.63, 3.8) is 0 Å². The molecule has 1 fully saturated rings. The van der Waals surface area contributed by atoms with Gasteiger partial charge in [-0.15, -0.1) is 0 Å². The van der Waals surface area contributed by atoms with E-state index < -0.39 is 0 Å².